The van der Waals surface area contributed by atoms with Crippen LogP contribution < -0.4 is 16.1 Å². The summed E-state index contributed by atoms with van der Waals surface area (Å²) < 4.78 is 0. The van der Waals surface area contributed by atoms with E-state index in [1.807, 2.05) is 0 Å². The maximum absolute atomic E-state index is 11.5. The monoisotopic (exact) mass is 186 g/mol. The largest absolute Gasteiger partial charge is 0.481 e. The minimum Gasteiger partial charge on any atom is -0.481 e. The quantitative estimate of drug-likeness (QED) is 0.337. The van der Waals surface area contributed by atoms with E-state index in [1.54, 1.807) is 0 Å². The Hall–Kier alpha value is -1.18. The van der Waals surface area contributed by atoms with Gasteiger partial charge >= 0.3 is 5.97 Å². The lowest BCUT2D eigenvalue weighted by molar-refractivity contribution is -0.156. The van der Waals surface area contributed by atoms with Gasteiger partial charge in [0.1, 0.15) is 5.92 Å². The molecule has 0 spiro atoms. The first-order valence-corrected chi connectivity index (χ1v) is 3.96. The molecular formula is C6H10N4O3. The van der Waals surface area contributed by atoms with Crippen LogP contribution in [0.15, 0.2) is 0 Å². The molecule has 0 saturated carbocycles. The lowest BCUT2D eigenvalue weighted by Gasteiger charge is -2.32. The van der Waals surface area contributed by atoms with E-state index in [0.717, 1.165) is 0 Å². The van der Waals surface area contributed by atoms with Crippen LogP contribution in [0.25, 0.3) is 0 Å². The Morgan fingerprint density at radius 3 is 3.00 bits per heavy atom. The van der Waals surface area contributed by atoms with E-state index in [4.69, 9.17) is 5.11 Å². The summed E-state index contributed by atoms with van der Waals surface area (Å²) in [5, 5.41) is 15.8. The summed E-state index contributed by atoms with van der Waals surface area (Å²) in [5.74, 6) is -2.48. The molecule has 0 aromatic rings. The zero-order chi connectivity index (χ0) is 9.42. The predicted octanol–water partition coefficient (Wildman–Crippen LogP) is -2.53. The van der Waals surface area contributed by atoms with Gasteiger partial charge in [-0.3, -0.25) is 20.2 Å². The van der Waals surface area contributed by atoms with E-state index in [0.29, 0.717) is 6.67 Å². The third-order valence-electron chi connectivity index (χ3n) is 2.15. The average molecular weight is 186 g/mol. The van der Waals surface area contributed by atoms with E-state index < -0.39 is 17.8 Å². The molecule has 2 heterocycles. The number of amides is 1. The number of hydrogen-bond donors (Lipinski definition) is 4. The van der Waals surface area contributed by atoms with Crippen molar-refractivity contribution >= 4 is 11.9 Å². The SMILES string of the molecule is O=C(O)C1CNC2NCNN2C1=O. The highest BCUT2D eigenvalue weighted by molar-refractivity contribution is 5.97. The van der Waals surface area contributed by atoms with E-state index >= 15 is 0 Å². The molecule has 0 radical (unpaired) electrons. The fourth-order valence-electron chi connectivity index (χ4n) is 1.46. The van der Waals surface area contributed by atoms with Crippen molar-refractivity contribution in [1.29, 1.82) is 0 Å². The molecule has 2 rings (SSSR count). The molecule has 0 aromatic heterocycles. The molecule has 2 unspecified atom stereocenters. The second-order valence-electron chi connectivity index (χ2n) is 2.95. The molecule has 1 amide bonds. The van der Waals surface area contributed by atoms with Crippen molar-refractivity contribution in [1.82, 2.24) is 21.1 Å². The lowest BCUT2D eigenvalue weighted by atomic mass is 10.1. The normalized spacial score (nSPS) is 33.2. The number of nitrogens with one attached hydrogen (secondary N) is 3. The van der Waals surface area contributed by atoms with Crippen molar-refractivity contribution in [2.75, 3.05) is 13.2 Å². The van der Waals surface area contributed by atoms with Gasteiger partial charge in [0.2, 0.25) is 0 Å². The number of carboxylic acid groups (broad SMARTS) is 1. The van der Waals surface area contributed by atoms with Crippen LogP contribution in [0.3, 0.4) is 0 Å². The maximum Gasteiger partial charge on any atom is 0.317 e. The van der Waals surface area contributed by atoms with Crippen molar-refractivity contribution < 1.29 is 14.7 Å². The molecule has 7 nitrogen and oxygen atoms in total. The molecule has 0 aliphatic carbocycles. The van der Waals surface area contributed by atoms with Crippen molar-refractivity contribution in [3.05, 3.63) is 0 Å². The van der Waals surface area contributed by atoms with Crippen molar-refractivity contribution in [3.8, 4) is 0 Å². The number of carbonyl (C=O) groups excluding carboxylic acids is 1. The topological polar surface area (TPSA) is 93.7 Å². The molecule has 2 atom stereocenters. The van der Waals surface area contributed by atoms with Gasteiger partial charge in [-0.15, -0.1) is 0 Å². The molecule has 2 fully saturated rings. The summed E-state index contributed by atoms with van der Waals surface area (Å²) in [6.45, 7) is 0.639. The number of carboxylic acids is 1. The molecule has 7 heteroatoms. The number of rotatable bonds is 1. The van der Waals surface area contributed by atoms with Crippen molar-refractivity contribution in [2.45, 2.75) is 6.29 Å². The van der Waals surface area contributed by atoms with Gasteiger partial charge in [0.15, 0.2) is 6.29 Å². The Labute approximate surface area is 74.0 Å². The minimum absolute atomic E-state index is 0.171. The Morgan fingerprint density at radius 2 is 2.31 bits per heavy atom. The van der Waals surface area contributed by atoms with Crippen LogP contribution in [0.1, 0.15) is 0 Å². The summed E-state index contributed by atoms with van der Waals surface area (Å²) in [7, 11) is 0. The van der Waals surface area contributed by atoms with E-state index in [2.05, 4.69) is 16.1 Å². The van der Waals surface area contributed by atoms with Crippen molar-refractivity contribution in [3.63, 3.8) is 0 Å². The van der Waals surface area contributed by atoms with Crippen LogP contribution >= 0.6 is 0 Å². The van der Waals surface area contributed by atoms with E-state index in [9.17, 15) is 9.59 Å². The van der Waals surface area contributed by atoms with E-state index in [1.165, 1.54) is 5.01 Å². The smallest absolute Gasteiger partial charge is 0.317 e. The van der Waals surface area contributed by atoms with Gasteiger partial charge < -0.3 is 5.11 Å². The van der Waals surface area contributed by atoms with Gasteiger partial charge in [0.25, 0.3) is 5.91 Å². The van der Waals surface area contributed by atoms with Gasteiger partial charge in [0.05, 0.1) is 6.67 Å². The van der Waals surface area contributed by atoms with Gasteiger partial charge in [-0.2, -0.15) is 0 Å². The summed E-state index contributed by atoms with van der Waals surface area (Å²) in [6.07, 6.45) is -0.275. The van der Waals surface area contributed by atoms with Crippen molar-refractivity contribution in [2.24, 2.45) is 5.92 Å². The maximum atomic E-state index is 11.5. The number of aliphatic carboxylic acids is 1. The van der Waals surface area contributed by atoms with Gasteiger partial charge in [-0.1, -0.05) is 0 Å². The fraction of sp³-hybridized carbons (Fsp3) is 0.667. The molecule has 13 heavy (non-hydrogen) atoms. The highest BCUT2D eigenvalue weighted by atomic mass is 16.4. The summed E-state index contributed by atoms with van der Waals surface area (Å²) in [4.78, 5) is 22.1. The van der Waals surface area contributed by atoms with Crippen LogP contribution in [-0.4, -0.2) is 41.5 Å². The Bertz CT molecular complexity index is 256. The van der Waals surface area contributed by atoms with Gasteiger partial charge in [-0.05, 0) is 0 Å². The zero-order valence-electron chi connectivity index (χ0n) is 6.78. The molecule has 0 bridgehead atoms. The Kier molecular flexibility index (Phi) is 1.91. The molecule has 4 N–H and O–H groups in total. The number of fused-ring (bicyclic) bond motifs is 1. The minimum atomic E-state index is -1.09. The first-order valence-electron chi connectivity index (χ1n) is 3.96. The third kappa shape index (κ3) is 1.26. The molecule has 72 valence electrons. The summed E-state index contributed by atoms with van der Waals surface area (Å²) in [6, 6.07) is 0. The van der Waals surface area contributed by atoms with Crippen LogP contribution in [0.2, 0.25) is 0 Å². The first-order chi connectivity index (χ1) is 6.20. The van der Waals surface area contributed by atoms with Crippen LogP contribution in [0.5, 0.6) is 0 Å². The number of carbonyl (C=O) groups is 2. The molecule has 2 aliphatic heterocycles. The second kappa shape index (κ2) is 2.95. The number of hydrogen-bond acceptors (Lipinski definition) is 5. The Balaban J connectivity index is 2.13. The molecule has 2 saturated heterocycles. The van der Waals surface area contributed by atoms with Crippen LogP contribution in [-0.2, 0) is 9.59 Å². The average Bonchev–Trinajstić information content (AvgIpc) is 2.52. The van der Waals surface area contributed by atoms with Gasteiger partial charge in [0, 0.05) is 6.54 Å². The van der Waals surface area contributed by atoms with Gasteiger partial charge in [-0.25, -0.2) is 10.4 Å². The first kappa shape index (κ1) is 8.42. The molecular weight excluding hydrogens is 176 g/mol. The number of nitrogens with zero attached hydrogens (tertiary/aromatic N) is 1. The summed E-state index contributed by atoms with van der Waals surface area (Å²) in [5.41, 5.74) is 2.74. The zero-order valence-corrected chi connectivity index (χ0v) is 6.78. The van der Waals surface area contributed by atoms with Crippen LogP contribution in [0.4, 0.5) is 0 Å². The lowest BCUT2D eigenvalue weighted by Crippen LogP contribution is -2.62. The highest BCUT2D eigenvalue weighted by Crippen LogP contribution is 2.10. The standard InChI is InChI=1S/C6H10N4O3/c11-4-3(5(12)13)1-7-6-8-2-9-10(4)6/h3,6-9H,1-2H2,(H,12,13). The van der Waals surface area contributed by atoms with Crippen LogP contribution in [0, 0.1) is 5.92 Å². The second-order valence-corrected chi connectivity index (χ2v) is 2.95. The number of hydrazine groups is 1. The van der Waals surface area contributed by atoms with E-state index in [-0.39, 0.29) is 12.8 Å². The predicted molar refractivity (Wildman–Crippen MR) is 40.9 cm³/mol. The summed E-state index contributed by atoms with van der Waals surface area (Å²) >= 11 is 0. The Morgan fingerprint density at radius 1 is 1.54 bits per heavy atom. The highest BCUT2D eigenvalue weighted by Gasteiger charge is 2.41. The molecule has 2 aliphatic rings. The third-order valence-corrected chi connectivity index (χ3v) is 2.15. The fourth-order valence-corrected chi connectivity index (χ4v) is 1.46. The molecule has 0 aromatic carbocycles.